The quantitative estimate of drug-likeness (QED) is 0.370. The van der Waals surface area contributed by atoms with Gasteiger partial charge in [-0.15, -0.1) is 23.1 Å². The molecule has 0 saturated heterocycles. The first-order valence-electron chi connectivity index (χ1n) is 11.4. The Morgan fingerprint density at radius 3 is 2.27 bits per heavy atom. The van der Waals surface area contributed by atoms with Gasteiger partial charge in [0.2, 0.25) is 5.91 Å². The molecule has 33 heavy (non-hydrogen) atoms. The zero-order valence-corrected chi connectivity index (χ0v) is 20.8. The van der Waals surface area contributed by atoms with Crippen molar-refractivity contribution in [3.63, 3.8) is 0 Å². The van der Waals surface area contributed by atoms with Crippen molar-refractivity contribution in [2.24, 2.45) is 5.92 Å². The fourth-order valence-corrected chi connectivity index (χ4v) is 7.18. The zero-order chi connectivity index (χ0) is 23.4. The molecule has 0 spiro atoms. The SMILES string of the molecule is CCOC(=O)c1c(NC(=O)CC(C)C)sc2c1CC(c1ccccc1)SC2c1ccccc1. The predicted molar refractivity (Wildman–Crippen MR) is 137 cm³/mol. The van der Waals surface area contributed by atoms with E-state index in [2.05, 4.69) is 41.7 Å². The van der Waals surface area contributed by atoms with Crippen molar-refractivity contribution in [3.05, 3.63) is 87.8 Å². The number of nitrogens with one attached hydrogen (secondary N) is 1. The van der Waals surface area contributed by atoms with E-state index in [0.717, 1.165) is 16.9 Å². The Labute approximate surface area is 203 Å². The fourth-order valence-electron chi connectivity index (χ4n) is 4.13. The third-order valence-corrected chi connectivity index (χ3v) is 8.48. The van der Waals surface area contributed by atoms with Gasteiger partial charge in [-0.3, -0.25) is 4.79 Å². The summed E-state index contributed by atoms with van der Waals surface area (Å²) in [7, 11) is 0. The van der Waals surface area contributed by atoms with Crippen molar-refractivity contribution in [2.45, 2.75) is 44.1 Å². The van der Waals surface area contributed by atoms with Gasteiger partial charge in [-0.05, 0) is 36.0 Å². The van der Waals surface area contributed by atoms with Crippen molar-refractivity contribution in [1.29, 1.82) is 0 Å². The molecule has 0 bridgehead atoms. The Morgan fingerprint density at radius 2 is 1.67 bits per heavy atom. The first-order chi connectivity index (χ1) is 16.0. The second-order valence-corrected chi connectivity index (χ2v) is 10.9. The van der Waals surface area contributed by atoms with Gasteiger partial charge in [-0.1, -0.05) is 74.5 Å². The number of carbonyl (C=O) groups is 2. The number of fused-ring (bicyclic) bond motifs is 1. The Bertz CT molecular complexity index is 1110. The van der Waals surface area contributed by atoms with Crippen LogP contribution >= 0.6 is 23.1 Å². The summed E-state index contributed by atoms with van der Waals surface area (Å²) in [4.78, 5) is 26.9. The summed E-state index contributed by atoms with van der Waals surface area (Å²) in [5.41, 5.74) is 3.96. The lowest BCUT2D eigenvalue weighted by molar-refractivity contribution is -0.116. The van der Waals surface area contributed by atoms with E-state index in [1.165, 1.54) is 22.5 Å². The highest BCUT2D eigenvalue weighted by molar-refractivity contribution is 8.00. The average molecular weight is 480 g/mol. The van der Waals surface area contributed by atoms with Crippen molar-refractivity contribution >= 4 is 40.0 Å². The van der Waals surface area contributed by atoms with E-state index in [1.807, 2.05) is 56.8 Å². The van der Waals surface area contributed by atoms with E-state index in [9.17, 15) is 9.59 Å². The van der Waals surface area contributed by atoms with Crippen molar-refractivity contribution in [1.82, 2.24) is 0 Å². The molecule has 1 aliphatic heterocycles. The summed E-state index contributed by atoms with van der Waals surface area (Å²) in [5, 5.41) is 3.92. The number of hydrogen-bond acceptors (Lipinski definition) is 5. The lowest BCUT2D eigenvalue weighted by Crippen LogP contribution is -2.18. The second-order valence-electron chi connectivity index (χ2n) is 8.55. The monoisotopic (exact) mass is 479 g/mol. The maximum atomic E-state index is 13.1. The smallest absolute Gasteiger partial charge is 0.341 e. The third-order valence-electron chi connectivity index (χ3n) is 5.57. The highest BCUT2D eigenvalue weighted by Crippen LogP contribution is 2.56. The minimum Gasteiger partial charge on any atom is -0.462 e. The molecule has 4 nitrogen and oxygen atoms in total. The first kappa shape index (κ1) is 23.6. The zero-order valence-electron chi connectivity index (χ0n) is 19.2. The van der Waals surface area contributed by atoms with Crippen molar-refractivity contribution in [3.8, 4) is 0 Å². The molecule has 2 atom stereocenters. The first-order valence-corrected chi connectivity index (χ1v) is 13.1. The number of thioether (sulfide) groups is 1. The summed E-state index contributed by atoms with van der Waals surface area (Å²) in [6.45, 7) is 6.13. The van der Waals surface area contributed by atoms with Crippen molar-refractivity contribution < 1.29 is 14.3 Å². The molecule has 2 heterocycles. The summed E-state index contributed by atoms with van der Waals surface area (Å²) in [6, 6.07) is 20.8. The van der Waals surface area contributed by atoms with Gasteiger partial charge in [0.05, 0.1) is 17.4 Å². The normalized spacial score (nSPS) is 17.5. The number of benzene rings is 2. The summed E-state index contributed by atoms with van der Waals surface area (Å²) in [6.07, 6.45) is 1.13. The van der Waals surface area contributed by atoms with Crippen LogP contribution < -0.4 is 5.32 Å². The molecule has 6 heteroatoms. The molecule has 3 aromatic rings. The minimum atomic E-state index is -0.361. The molecule has 2 unspecified atom stereocenters. The molecule has 1 N–H and O–H groups in total. The van der Waals surface area contributed by atoms with Crippen LogP contribution in [0, 0.1) is 5.92 Å². The van der Waals surface area contributed by atoms with E-state index in [0.29, 0.717) is 23.6 Å². The van der Waals surface area contributed by atoms with Gasteiger partial charge in [-0.25, -0.2) is 4.79 Å². The minimum absolute atomic E-state index is 0.0716. The van der Waals surface area contributed by atoms with Crippen LogP contribution in [0.5, 0.6) is 0 Å². The van der Waals surface area contributed by atoms with Crippen molar-refractivity contribution in [2.75, 3.05) is 11.9 Å². The summed E-state index contributed by atoms with van der Waals surface area (Å²) in [5.74, 6) is -0.196. The lowest BCUT2D eigenvalue weighted by atomic mass is 9.96. The molecule has 172 valence electrons. The van der Waals surface area contributed by atoms with Crippen LogP contribution in [-0.2, 0) is 16.0 Å². The maximum absolute atomic E-state index is 13.1. The van der Waals surface area contributed by atoms with Gasteiger partial charge in [0.15, 0.2) is 0 Å². The Hall–Kier alpha value is -2.57. The number of hydrogen-bond donors (Lipinski definition) is 1. The Kier molecular flexibility index (Phi) is 7.56. The van der Waals surface area contributed by atoms with E-state index >= 15 is 0 Å². The average Bonchev–Trinajstić information content (AvgIpc) is 3.16. The van der Waals surface area contributed by atoms with E-state index in [1.54, 1.807) is 0 Å². The highest BCUT2D eigenvalue weighted by atomic mass is 32.2. The second kappa shape index (κ2) is 10.6. The molecule has 1 amide bonds. The molecule has 2 aromatic carbocycles. The van der Waals surface area contributed by atoms with Crippen LogP contribution in [0.15, 0.2) is 60.7 Å². The van der Waals surface area contributed by atoms with Crippen LogP contribution in [-0.4, -0.2) is 18.5 Å². The molecule has 1 aliphatic rings. The highest BCUT2D eigenvalue weighted by Gasteiger charge is 2.37. The van der Waals surface area contributed by atoms with Gasteiger partial charge in [0, 0.05) is 16.5 Å². The van der Waals surface area contributed by atoms with Crippen LogP contribution in [0.3, 0.4) is 0 Å². The molecule has 0 radical (unpaired) electrons. The molecule has 4 rings (SSSR count). The van der Waals surface area contributed by atoms with Gasteiger partial charge < -0.3 is 10.1 Å². The topological polar surface area (TPSA) is 55.4 Å². The number of esters is 1. The molecule has 0 saturated carbocycles. The largest absolute Gasteiger partial charge is 0.462 e. The Morgan fingerprint density at radius 1 is 1.03 bits per heavy atom. The molecule has 0 fully saturated rings. The van der Waals surface area contributed by atoms with Crippen LogP contribution in [0.25, 0.3) is 0 Å². The molecular weight excluding hydrogens is 450 g/mol. The summed E-state index contributed by atoms with van der Waals surface area (Å²) >= 11 is 3.42. The Balaban J connectivity index is 1.82. The number of rotatable bonds is 7. The summed E-state index contributed by atoms with van der Waals surface area (Å²) < 4.78 is 5.45. The molecular formula is C27H29NO3S2. The maximum Gasteiger partial charge on any atom is 0.341 e. The fraction of sp³-hybridized carbons (Fsp3) is 0.333. The number of anilines is 1. The number of amides is 1. The number of carbonyl (C=O) groups excluding carboxylic acids is 2. The van der Waals surface area contributed by atoms with Gasteiger partial charge >= 0.3 is 5.97 Å². The standard InChI is InChI=1S/C27H29NO3S2/c1-4-31-27(30)23-20-16-21(18-11-7-5-8-12-18)32-24(19-13-9-6-10-14-19)25(20)33-26(23)28-22(29)15-17(2)3/h5-14,17,21,24H,4,15-16H2,1-3H3,(H,28,29). The van der Waals surface area contributed by atoms with E-state index in [4.69, 9.17) is 4.74 Å². The third kappa shape index (κ3) is 5.33. The van der Waals surface area contributed by atoms with E-state index < -0.39 is 0 Å². The van der Waals surface area contributed by atoms with Crippen LogP contribution in [0.2, 0.25) is 0 Å². The number of thiophene rings is 1. The van der Waals surface area contributed by atoms with E-state index in [-0.39, 0.29) is 28.3 Å². The lowest BCUT2D eigenvalue weighted by Gasteiger charge is -2.30. The van der Waals surface area contributed by atoms with Gasteiger partial charge in [-0.2, -0.15) is 0 Å². The molecule has 0 aliphatic carbocycles. The van der Waals surface area contributed by atoms with Crippen LogP contribution in [0.4, 0.5) is 5.00 Å². The molecule has 1 aromatic heterocycles. The van der Waals surface area contributed by atoms with Gasteiger partial charge in [0.1, 0.15) is 5.00 Å². The van der Waals surface area contributed by atoms with Gasteiger partial charge in [0.25, 0.3) is 0 Å². The van der Waals surface area contributed by atoms with Crippen LogP contribution in [0.1, 0.15) is 69.6 Å². The predicted octanol–water partition coefficient (Wildman–Crippen LogP) is 7.03. The number of ether oxygens (including phenoxy) is 1.